The lowest BCUT2D eigenvalue weighted by atomic mass is 10.1. The summed E-state index contributed by atoms with van der Waals surface area (Å²) < 4.78 is 0. The van der Waals surface area contributed by atoms with E-state index in [0.717, 1.165) is 0 Å². The molecule has 0 bridgehead atoms. The summed E-state index contributed by atoms with van der Waals surface area (Å²) >= 11 is 0. The Balaban J connectivity index is 4.51. The predicted molar refractivity (Wildman–Crippen MR) is 45.4 cm³/mol. The summed E-state index contributed by atoms with van der Waals surface area (Å²) in [6.45, 7) is 1.47. The molecule has 5 heteroatoms. The van der Waals surface area contributed by atoms with Crippen LogP contribution in [0.1, 0.15) is 19.8 Å². The van der Waals surface area contributed by atoms with Crippen LogP contribution >= 0.6 is 0 Å². The van der Waals surface area contributed by atoms with Gasteiger partial charge in [0.05, 0.1) is 24.2 Å². The van der Waals surface area contributed by atoms with Crippen LogP contribution in [0.2, 0.25) is 0 Å². The highest BCUT2D eigenvalue weighted by atomic mass is 16.3. The zero-order valence-electron chi connectivity index (χ0n) is 7.32. The lowest BCUT2D eigenvalue weighted by Gasteiger charge is -2.04. The Kier molecular flexibility index (Phi) is 4.55. The van der Waals surface area contributed by atoms with E-state index >= 15 is 0 Å². The third-order valence-corrected chi connectivity index (χ3v) is 1.32. The van der Waals surface area contributed by atoms with Gasteiger partial charge in [-0.15, -0.1) is 0 Å². The fourth-order valence-corrected chi connectivity index (χ4v) is 0.783. The van der Waals surface area contributed by atoms with E-state index in [-0.39, 0.29) is 24.2 Å². The van der Waals surface area contributed by atoms with Gasteiger partial charge in [-0.2, -0.15) is 5.26 Å². The number of amides is 1. The normalized spacial score (nSPS) is 14.2. The van der Waals surface area contributed by atoms with Crippen molar-refractivity contribution in [1.82, 2.24) is 0 Å². The lowest BCUT2D eigenvalue weighted by molar-refractivity contribution is -0.117. The third-order valence-electron chi connectivity index (χ3n) is 1.32. The SMILES string of the molecule is CC(O)CC(O)=C(C#N)CC(N)=O. The standard InChI is InChI=1S/C8H12N2O3/c1-5(11)2-7(12)6(4-9)3-8(10)13/h5,11-12H,2-3H2,1H3,(H2,10,13). The molecule has 0 aliphatic rings. The maximum absolute atomic E-state index is 10.4. The average Bonchev–Trinajstić information content (AvgIpc) is 1.98. The molecule has 0 rings (SSSR count). The van der Waals surface area contributed by atoms with Crippen molar-refractivity contribution >= 4 is 5.91 Å². The molecule has 0 aliphatic carbocycles. The van der Waals surface area contributed by atoms with Crippen LogP contribution in [0.4, 0.5) is 0 Å². The van der Waals surface area contributed by atoms with Gasteiger partial charge >= 0.3 is 0 Å². The fourth-order valence-electron chi connectivity index (χ4n) is 0.783. The van der Waals surface area contributed by atoms with E-state index in [1.807, 2.05) is 0 Å². The summed E-state index contributed by atoms with van der Waals surface area (Å²) in [6, 6.07) is 1.66. The molecule has 4 N–H and O–H groups in total. The molecule has 0 aromatic carbocycles. The number of aliphatic hydroxyl groups excluding tert-OH is 2. The second kappa shape index (κ2) is 5.17. The van der Waals surface area contributed by atoms with Crippen molar-refractivity contribution in [2.24, 2.45) is 5.73 Å². The van der Waals surface area contributed by atoms with Crippen molar-refractivity contribution in [3.8, 4) is 6.07 Å². The van der Waals surface area contributed by atoms with E-state index < -0.39 is 12.0 Å². The number of carbonyl (C=O) groups excluding carboxylic acids is 1. The smallest absolute Gasteiger partial charge is 0.222 e. The number of aliphatic hydroxyl groups is 2. The maximum atomic E-state index is 10.4. The summed E-state index contributed by atoms with van der Waals surface area (Å²) in [7, 11) is 0. The Labute approximate surface area is 76.1 Å². The topological polar surface area (TPSA) is 107 Å². The van der Waals surface area contributed by atoms with Crippen LogP contribution in [0, 0.1) is 11.3 Å². The maximum Gasteiger partial charge on any atom is 0.222 e. The highest BCUT2D eigenvalue weighted by Crippen LogP contribution is 2.10. The van der Waals surface area contributed by atoms with Crippen LogP contribution < -0.4 is 5.73 Å². The van der Waals surface area contributed by atoms with Gasteiger partial charge in [0.15, 0.2) is 0 Å². The van der Waals surface area contributed by atoms with Gasteiger partial charge in [-0.1, -0.05) is 0 Å². The fraction of sp³-hybridized carbons (Fsp3) is 0.500. The minimum atomic E-state index is -0.753. The Morgan fingerprint density at radius 1 is 1.69 bits per heavy atom. The zero-order valence-corrected chi connectivity index (χ0v) is 7.32. The van der Waals surface area contributed by atoms with E-state index in [9.17, 15) is 9.90 Å². The molecule has 0 spiro atoms. The van der Waals surface area contributed by atoms with E-state index in [1.165, 1.54) is 6.92 Å². The Morgan fingerprint density at radius 3 is 2.54 bits per heavy atom. The van der Waals surface area contributed by atoms with Gasteiger partial charge < -0.3 is 15.9 Å². The first-order valence-corrected chi connectivity index (χ1v) is 3.74. The van der Waals surface area contributed by atoms with Gasteiger partial charge in [0.2, 0.25) is 5.91 Å². The third kappa shape index (κ3) is 4.82. The second-order valence-corrected chi connectivity index (χ2v) is 2.73. The molecular weight excluding hydrogens is 172 g/mol. The number of hydrogen-bond donors (Lipinski definition) is 3. The first-order valence-electron chi connectivity index (χ1n) is 3.74. The number of nitrogens with zero attached hydrogens (tertiary/aromatic N) is 1. The Morgan fingerprint density at radius 2 is 2.23 bits per heavy atom. The van der Waals surface area contributed by atoms with E-state index in [2.05, 4.69) is 0 Å². The molecular formula is C8H12N2O3. The molecule has 1 unspecified atom stereocenters. The molecule has 0 fully saturated rings. The van der Waals surface area contributed by atoms with Crippen molar-refractivity contribution in [2.45, 2.75) is 25.9 Å². The highest BCUT2D eigenvalue weighted by molar-refractivity contribution is 5.77. The van der Waals surface area contributed by atoms with E-state index in [4.69, 9.17) is 16.1 Å². The number of rotatable bonds is 4. The van der Waals surface area contributed by atoms with Crippen molar-refractivity contribution in [3.05, 3.63) is 11.3 Å². The molecule has 72 valence electrons. The molecule has 0 radical (unpaired) electrons. The molecule has 0 heterocycles. The number of hydrogen-bond acceptors (Lipinski definition) is 4. The number of nitrogens with two attached hydrogens (primary N) is 1. The summed E-state index contributed by atoms with van der Waals surface area (Å²) in [5, 5.41) is 26.6. The molecule has 0 aromatic rings. The van der Waals surface area contributed by atoms with Crippen molar-refractivity contribution in [3.63, 3.8) is 0 Å². The molecule has 0 aliphatic heterocycles. The minimum absolute atomic E-state index is 0.0455. The zero-order chi connectivity index (χ0) is 10.4. The molecule has 1 amide bonds. The van der Waals surface area contributed by atoms with Crippen molar-refractivity contribution in [1.29, 1.82) is 5.26 Å². The van der Waals surface area contributed by atoms with Gasteiger partial charge in [0.25, 0.3) is 0 Å². The Hall–Kier alpha value is -1.54. The largest absolute Gasteiger partial charge is 0.511 e. The quantitative estimate of drug-likeness (QED) is 0.421. The first kappa shape index (κ1) is 11.5. The summed E-state index contributed by atoms with van der Waals surface area (Å²) in [6.07, 6.45) is -1.10. The van der Waals surface area contributed by atoms with Crippen LogP contribution in [-0.2, 0) is 4.79 Å². The van der Waals surface area contributed by atoms with Gasteiger partial charge in [0, 0.05) is 6.42 Å². The van der Waals surface area contributed by atoms with Crippen LogP contribution in [0.5, 0.6) is 0 Å². The van der Waals surface area contributed by atoms with Gasteiger partial charge in [-0.05, 0) is 6.92 Å². The van der Waals surface area contributed by atoms with E-state index in [1.54, 1.807) is 6.07 Å². The monoisotopic (exact) mass is 184 g/mol. The summed E-state index contributed by atoms with van der Waals surface area (Å²) in [5.74, 6) is -0.968. The molecule has 13 heavy (non-hydrogen) atoms. The van der Waals surface area contributed by atoms with Crippen molar-refractivity contribution < 1.29 is 15.0 Å². The lowest BCUT2D eigenvalue weighted by Crippen LogP contribution is -2.12. The van der Waals surface area contributed by atoms with Gasteiger partial charge in [-0.3, -0.25) is 4.79 Å². The average molecular weight is 184 g/mol. The van der Waals surface area contributed by atoms with Gasteiger partial charge in [0.1, 0.15) is 5.76 Å². The summed E-state index contributed by atoms with van der Waals surface area (Å²) in [5.41, 5.74) is 4.75. The van der Waals surface area contributed by atoms with Crippen LogP contribution in [0.25, 0.3) is 0 Å². The van der Waals surface area contributed by atoms with E-state index in [0.29, 0.717) is 0 Å². The second-order valence-electron chi connectivity index (χ2n) is 2.73. The number of carbonyl (C=O) groups is 1. The molecule has 5 nitrogen and oxygen atoms in total. The van der Waals surface area contributed by atoms with Crippen LogP contribution in [-0.4, -0.2) is 22.2 Å². The molecule has 0 saturated heterocycles. The Bertz CT molecular complexity index is 263. The first-order chi connectivity index (χ1) is 5.97. The number of nitriles is 1. The predicted octanol–water partition coefficient (Wildman–Crippen LogP) is -0.0316. The van der Waals surface area contributed by atoms with Crippen LogP contribution in [0.15, 0.2) is 11.3 Å². The molecule has 0 saturated carbocycles. The highest BCUT2D eigenvalue weighted by Gasteiger charge is 2.10. The van der Waals surface area contributed by atoms with Gasteiger partial charge in [-0.25, -0.2) is 0 Å². The van der Waals surface area contributed by atoms with Crippen molar-refractivity contribution in [2.75, 3.05) is 0 Å². The minimum Gasteiger partial charge on any atom is -0.511 e. The number of primary amides is 1. The molecule has 0 aromatic heterocycles. The molecule has 1 atom stereocenters. The summed E-state index contributed by atoms with van der Waals surface area (Å²) in [4.78, 5) is 10.4. The van der Waals surface area contributed by atoms with Crippen LogP contribution in [0.3, 0.4) is 0 Å².